The van der Waals surface area contributed by atoms with Crippen LogP contribution in [-0.2, 0) is 10.0 Å². The van der Waals surface area contributed by atoms with Crippen molar-refractivity contribution in [2.45, 2.75) is 39.0 Å². The first kappa shape index (κ1) is 23.4. The van der Waals surface area contributed by atoms with Crippen LogP contribution in [0.3, 0.4) is 0 Å². The van der Waals surface area contributed by atoms with E-state index in [4.69, 9.17) is 0 Å². The molecule has 1 heterocycles. The van der Waals surface area contributed by atoms with E-state index in [0.717, 1.165) is 6.07 Å². The quantitative estimate of drug-likeness (QED) is 0.483. The summed E-state index contributed by atoms with van der Waals surface area (Å²) in [7, 11) is -3.94. The molecule has 10 heteroatoms. The Bertz CT molecular complexity index is 1190. The van der Waals surface area contributed by atoms with Crippen molar-refractivity contribution in [3.8, 4) is 0 Å². The van der Waals surface area contributed by atoms with Gasteiger partial charge in [-0.25, -0.2) is 0 Å². The second kappa shape index (κ2) is 9.07. The van der Waals surface area contributed by atoms with Crippen LogP contribution in [0, 0.1) is 22.0 Å². The fourth-order valence-electron chi connectivity index (χ4n) is 3.44. The van der Waals surface area contributed by atoms with Gasteiger partial charge in [-0.2, -0.15) is 8.42 Å². The minimum absolute atomic E-state index is 0.0162. The third-order valence-electron chi connectivity index (χ3n) is 4.78. The summed E-state index contributed by atoms with van der Waals surface area (Å²) in [5, 5.41) is 13.6. The molecule has 170 valence electrons. The first-order chi connectivity index (χ1) is 15.0. The summed E-state index contributed by atoms with van der Waals surface area (Å²) in [5.74, 6) is 0.433. The average molecular weight is 459 g/mol. The first-order valence-corrected chi connectivity index (χ1v) is 11.7. The normalized spacial score (nSPS) is 14.8. The number of hydrogen-bond donors (Lipinski definition) is 1. The van der Waals surface area contributed by atoms with Gasteiger partial charge in [-0.1, -0.05) is 33.8 Å². The Morgan fingerprint density at radius 3 is 2.47 bits per heavy atom. The number of nitrogens with one attached hydrogen (secondary N) is 1. The van der Waals surface area contributed by atoms with Crippen molar-refractivity contribution in [2.24, 2.45) is 16.2 Å². The van der Waals surface area contributed by atoms with Crippen LogP contribution in [0.4, 0.5) is 17.1 Å². The molecule has 0 atom stereocenters. The number of carbonyl (C=O) groups excluding carboxylic acids is 1. The molecule has 0 bridgehead atoms. The molecular weight excluding hydrogens is 432 g/mol. The van der Waals surface area contributed by atoms with Gasteiger partial charge < -0.3 is 10.2 Å². The summed E-state index contributed by atoms with van der Waals surface area (Å²) in [4.78, 5) is 24.9. The fourth-order valence-corrected chi connectivity index (χ4v) is 4.71. The zero-order valence-corrected chi connectivity index (χ0v) is 19.2. The highest BCUT2D eigenvalue weighted by molar-refractivity contribution is 7.90. The van der Waals surface area contributed by atoms with Gasteiger partial charge in [0.15, 0.2) is 0 Å². The lowest BCUT2D eigenvalue weighted by molar-refractivity contribution is -0.384. The van der Waals surface area contributed by atoms with Gasteiger partial charge in [-0.3, -0.25) is 14.9 Å². The number of hydrogen-bond acceptors (Lipinski definition) is 6. The third-order valence-corrected chi connectivity index (χ3v) is 6.12. The van der Waals surface area contributed by atoms with Crippen molar-refractivity contribution in [3.63, 3.8) is 0 Å². The van der Waals surface area contributed by atoms with Gasteiger partial charge in [-0.05, 0) is 36.1 Å². The maximum atomic E-state index is 12.9. The SMILES string of the molecule is CC(C)CC1=NS(=O)(=O)c2cc(NC(=O)c3cccc([N+](=O)[O-])c3)ccc2N1CC(C)C. The molecule has 1 N–H and O–H groups in total. The second-order valence-electron chi connectivity index (χ2n) is 8.53. The van der Waals surface area contributed by atoms with Crippen LogP contribution in [-0.4, -0.2) is 31.6 Å². The molecule has 9 nitrogen and oxygen atoms in total. The maximum absolute atomic E-state index is 12.9. The molecule has 0 radical (unpaired) electrons. The van der Waals surface area contributed by atoms with E-state index < -0.39 is 20.9 Å². The smallest absolute Gasteiger partial charge is 0.286 e. The van der Waals surface area contributed by atoms with E-state index in [1.807, 2.05) is 32.6 Å². The highest BCUT2D eigenvalue weighted by Gasteiger charge is 2.31. The number of sulfonamides is 1. The summed E-state index contributed by atoms with van der Waals surface area (Å²) < 4.78 is 29.9. The molecular formula is C22H26N4O5S. The van der Waals surface area contributed by atoms with Gasteiger partial charge in [-0.15, -0.1) is 4.40 Å². The Labute approximate surface area is 187 Å². The average Bonchev–Trinajstić information content (AvgIpc) is 2.70. The Morgan fingerprint density at radius 2 is 1.84 bits per heavy atom. The van der Waals surface area contributed by atoms with E-state index in [1.165, 1.54) is 24.3 Å². The van der Waals surface area contributed by atoms with Gasteiger partial charge in [0.05, 0.1) is 10.6 Å². The second-order valence-corrected chi connectivity index (χ2v) is 10.1. The van der Waals surface area contributed by atoms with Crippen molar-refractivity contribution in [1.82, 2.24) is 0 Å². The molecule has 32 heavy (non-hydrogen) atoms. The zero-order valence-electron chi connectivity index (χ0n) is 18.4. The van der Waals surface area contributed by atoms with Gasteiger partial charge in [0.2, 0.25) is 0 Å². The zero-order chi connectivity index (χ0) is 23.6. The first-order valence-electron chi connectivity index (χ1n) is 10.3. The Balaban J connectivity index is 1.96. The van der Waals surface area contributed by atoms with Gasteiger partial charge in [0, 0.05) is 36.3 Å². The summed E-state index contributed by atoms with van der Waals surface area (Å²) >= 11 is 0. The van der Waals surface area contributed by atoms with Gasteiger partial charge >= 0.3 is 0 Å². The number of fused-ring (bicyclic) bond motifs is 1. The van der Waals surface area contributed by atoms with E-state index >= 15 is 0 Å². The standard InChI is InChI=1S/C22H26N4O5S/c1-14(2)10-21-24-32(30,31)20-12-17(8-9-19(20)25(21)13-15(3)4)23-22(27)16-6-5-7-18(11-16)26(28)29/h5-9,11-12,14-15H,10,13H2,1-4H3,(H,23,27). The van der Waals surface area contributed by atoms with Crippen molar-refractivity contribution in [2.75, 3.05) is 16.8 Å². The molecule has 0 unspecified atom stereocenters. The van der Waals surface area contributed by atoms with E-state index in [9.17, 15) is 23.3 Å². The van der Waals surface area contributed by atoms with Crippen LogP contribution in [0.15, 0.2) is 51.8 Å². The third kappa shape index (κ3) is 5.13. The number of nitro benzene ring substituents is 1. The molecule has 1 aliphatic heterocycles. The fraction of sp³-hybridized carbons (Fsp3) is 0.364. The number of benzene rings is 2. The summed E-state index contributed by atoms with van der Waals surface area (Å²) in [6.45, 7) is 8.70. The monoisotopic (exact) mass is 458 g/mol. The number of non-ortho nitro benzene ring substituents is 1. The molecule has 0 saturated heterocycles. The largest absolute Gasteiger partial charge is 0.328 e. The molecule has 0 fully saturated rings. The topological polar surface area (TPSA) is 122 Å². The van der Waals surface area contributed by atoms with E-state index in [1.54, 1.807) is 12.1 Å². The van der Waals surface area contributed by atoms with E-state index in [0.29, 0.717) is 24.5 Å². The van der Waals surface area contributed by atoms with Crippen molar-refractivity contribution < 1.29 is 18.1 Å². The van der Waals surface area contributed by atoms with Gasteiger partial charge in [0.1, 0.15) is 10.7 Å². The van der Waals surface area contributed by atoms with E-state index in [-0.39, 0.29) is 33.7 Å². The molecule has 3 rings (SSSR count). The predicted molar refractivity (Wildman–Crippen MR) is 124 cm³/mol. The Hall–Kier alpha value is -3.27. The molecule has 2 aromatic carbocycles. The molecule has 0 spiro atoms. The molecule has 0 aromatic heterocycles. The highest BCUT2D eigenvalue weighted by Crippen LogP contribution is 2.35. The molecule has 2 aromatic rings. The number of nitro groups is 1. The number of rotatable bonds is 7. The van der Waals surface area contributed by atoms with Crippen molar-refractivity contribution in [3.05, 3.63) is 58.1 Å². The lowest BCUT2D eigenvalue weighted by Gasteiger charge is -2.33. The molecule has 1 aliphatic rings. The predicted octanol–water partition coefficient (Wildman–Crippen LogP) is 4.46. The van der Waals surface area contributed by atoms with Crippen LogP contribution >= 0.6 is 0 Å². The van der Waals surface area contributed by atoms with Crippen LogP contribution in [0.5, 0.6) is 0 Å². The molecule has 0 saturated carbocycles. The van der Waals surface area contributed by atoms with Gasteiger partial charge in [0.25, 0.3) is 21.6 Å². The minimum Gasteiger partial charge on any atom is -0.328 e. The summed E-state index contributed by atoms with van der Waals surface area (Å²) in [6, 6.07) is 9.98. The van der Waals surface area contributed by atoms with Crippen LogP contribution in [0.25, 0.3) is 0 Å². The summed E-state index contributed by atoms with van der Waals surface area (Å²) in [6.07, 6.45) is 0.524. The van der Waals surface area contributed by atoms with E-state index in [2.05, 4.69) is 9.71 Å². The van der Waals surface area contributed by atoms with Crippen LogP contribution in [0.1, 0.15) is 44.5 Å². The van der Waals surface area contributed by atoms with Crippen LogP contribution < -0.4 is 10.2 Å². The Morgan fingerprint density at radius 1 is 1.12 bits per heavy atom. The maximum Gasteiger partial charge on any atom is 0.286 e. The summed E-state index contributed by atoms with van der Waals surface area (Å²) in [5.41, 5.74) is 0.675. The molecule has 1 amide bonds. The lowest BCUT2D eigenvalue weighted by Crippen LogP contribution is -2.39. The lowest BCUT2D eigenvalue weighted by atomic mass is 10.1. The Kier molecular flexibility index (Phi) is 6.63. The van der Waals surface area contributed by atoms with Crippen LogP contribution in [0.2, 0.25) is 0 Å². The number of nitrogens with zero attached hydrogens (tertiary/aromatic N) is 3. The number of carbonyl (C=O) groups is 1. The number of anilines is 2. The number of amides is 1. The van der Waals surface area contributed by atoms with Crippen molar-refractivity contribution in [1.29, 1.82) is 0 Å². The highest BCUT2D eigenvalue weighted by atomic mass is 32.2. The molecule has 0 aliphatic carbocycles. The minimum atomic E-state index is -3.94. The number of amidine groups is 1. The van der Waals surface area contributed by atoms with Crippen molar-refractivity contribution >= 4 is 38.8 Å².